The van der Waals surface area contributed by atoms with Crippen molar-refractivity contribution in [2.24, 2.45) is 5.92 Å². The van der Waals surface area contributed by atoms with E-state index in [-0.39, 0.29) is 0 Å². The standard InChI is InChI=1S/C13H30N2/c1-7-13(9-14-8-2)15(12(5)6)10-11(3)4/h11-14H,7-10H2,1-6H3. The average molecular weight is 214 g/mol. The lowest BCUT2D eigenvalue weighted by molar-refractivity contribution is 0.129. The lowest BCUT2D eigenvalue weighted by atomic mass is 10.1. The largest absolute Gasteiger partial charge is 0.315 e. The van der Waals surface area contributed by atoms with E-state index < -0.39 is 0 Å². The number of nitrogens with zero attached hydrogens (tertiary/aromatic N) is 1. The Morgan fingerprint density at radius 3 is 2.00 bits per heavy atom. The molecule has 2 heteroatoms. The van der Waals surface area contributed by atoms with E-state index >= 15 is 0 Å². The molecule has 2 nitrogen and oxygen atoms in total. The fourth-order valence-electron chi connectivity index (χ4n) is 2.01. The summed E-state index contributed by atoms with van der Waals surface area (Å²) in [6.45, 7) is 17.1. The zero-order valence-corrected chi connectivity index (χ0v) is 11.5. The monoisotopic (exact) mass is 214 g/mol. The van der Waals surface area contributed by atoms with Crippen LogP contribution in [0.1, 0.15) is 48.0 Å². The van der Waals surface area contributed by atoms with Gasteiger partial charge in [0.25, 0.3) is 0 Å². The van der Waals surface area contributed by atoms with Gasteiger partial charge >= 0.3 is 0 Å². The first-order chi connectivity index (χ1) is 7.02. The fraction of sp³-hybridized carbons (Fsp3) is 1.00. The minimum atomic E-state index is 0.649. The summed E-state index contributed by atoms with van der Waals surface area (Å²) in [7, 11) is 0. The highest BCUT2D eigenvalue weighted by Gasteiger charge is 2.19. The van der Waals surface area contributed by atoms with Gasteiger partial charge in [-0.2, -0.15) is 0 Å². The minimum Gasteiger partial charge on any atom is -0.315 e. The lowest BCUT2D eigenvalue weighted by Gasteiger charge is -2.36. The summed E-state index contributed by atoms with van der Waals surface area (Å²) in [5.41, 5.74) is 0. The molecule has 0 aromatic heterocycles. The highest BCUT2D eigenvalue weighted by molar-refractivity contribution is 4.76. The molecule has 1 unspecified atom stereocenters. The summed E-state index contributed by atoms with van der Waals surface area (Å²) < 4.78 is 0. The van der Waals surface area contributed by atoms with Gasteiger partial charge in [-0.3, -0.25) is 4.90 Å². The first-order valence-electron chi connectivity index (χ1n) is 6.49. The molecule has 0 aromatic carbocycles. The van der Waals surface area contributed by atoms with Crippen molar-refractivity contribution in [2.75, 3.05) is 19.6 Å². The van der Waals surface area contributed by atoms with Crippen LogP contribution in [-0.2, 0) is 0 Å². The molecule has 0 radical (unpaired) electrons. The Labute approximate surface area is 96.4 Å². The molecule has 1 atom stereocenters. The molecule has 0 aromatic rings. The topological polar surface area (TPSA) is 15.3 Å². The van der Waals surface area contributed by atoms with E-state index in [0.29, 0.717) is 12.1 Å². The normalized spacial score (nSPS) is 14.2. The molecule has 0 aliphatic rings. The van der Waals surface area contributed by atoms with Gasteiger partial charge in [0.1, 0.15) is 0 Å². The second-order valence-corrected chi connectivity index (χ2v) is 5.05. The Hall–Kier alpha value is -0.0800. The predicted molar refractivity (Wildman–Crippen MR) is 69.3 cm³/mol. The van der Waals surface area contributed by atoms with Crippen LogP contribution in [0.5, 0.6) is 0 Å². The second-order valence-electron chi connectivity index (χ2n) is 5.05. The van der Waals surface area contributed by atoms with Gasteiger partial charge in [0.05, 0.1) is 0 Å². The van der Waals surface area contributed by atoms with Gasteiger partial charge in [-0.05, 0) is 32.7 Å². The van der Waals surface area contributed by atoms with Gasteiger partial charge in [0.15, 0.2) is 0 Å². The van der Waals surface area contributed by atoms with Gasteiger partial charge in [0, 0.05) is 25.2 Å². The van der Waals surface area contributed by atoms with Gasteiger partial charge < -0.3 is 5.32 Å². The van der Waals surface area contributed by atoms with Gasteiger partial charge in [0.2, 0.25) is 0 Å². The minimum absolute atomic E-state index is 0.649. The highest BCUT2D eigenvalue weighted by atomic mass is 15.2. The quantitative estimate of drug-likeness (QED) is 0.668. The number of hydrogen-bond acceptors (Lipinski definition) is 2. The van der Waals surface area contributed by atoms with E-state index in [0.717, 1.165) is 19.0 Å². The third-order valence-electron chi connectivity index (χ3n) is 2.81. The molecule has 0 saturated heterocycles. The summed E-state index contributed by atoms with van der Waals surface area (Å²) in [4.78, 5) is 2.63. The molecule has 0 bridgehead atoms. The summed E-state index contributed by atoms with van der Waals surface area (Å²) in [5.74, 6) is 0.753. The summed E-state index contributed by atoms with van der Waals surface area (Å²) in [5, 5.41) is 3.47. The Morgan fingerprint density at radius 2 is 1.67 bits per heavy atom. The van der Waals surface area contributed by atoms with E-state index in [1.165, 1.54) is 13.0 Å². The third kappa shape index (κ3) is 6.16. The van der Waals surface area contributed by atoms with E-state index in [9.17, 15) is 0 Å². The SMILES string of the molecule is CCNCC(CC)N(CC(C)C)C(C)C. The van der Waals surface area contributed by atoms with Gasteiger partial charge in [-0.25, -0.2) is 0 Å². The summed E-state index contributed by atoms with van der Waals surface area (Å²) in [6.07, 6.45) is 1.23. The van der Waals surface area contributed by atoms with Crippen LogP contribution < -0.4 is 5.32 Å². The first kappa shape index (κ1) is 14.9. The third-order valence-corrected chi connectivity index (χ3v) is 2.81. The van der Waals surface area contributed by atoms with Crippen LogP contribution in [0, 0.1) is 5.92 Å². The zero-order valence-electron chi connectivity index (χ0n) is 11.5. The molecule has 0 amide bonds. The van der Waals surface area contributed by atoms with E-state index in [4.69, 9.17) is 0 Å². The second kappa shape index (κ2) is 8.12. The summed E-state index contributed by atoms with van der Waals surface area (Å²) >= 11 is 0. The average Bonchev–Trinajstić information content (AvgIpc) is 2.16. The van der Waals surface area contributed by atoms with Crippen molar-refractivity contribution in [1.82, 2.24) is 10.2 Å². The van der Waals surface area contributed by atoms with Crippen LogP contribution in [0.15, 0.2) is 0 Å². The van der Waals surface area contributed by atoms with Crippen molar-refractivity contribution in [1.29, 1.82) is 0 Å². The Kier molecular flexibility index (Phi) is 8.07. The molecule has 0 aliphatic heterocycles. The van der Waals surface area contributed by atoms with Crippen molar-refractivity contribution in [3.05, 3.63) is 0 Å². The molecule has 0 heterocycles. The van der Waals surface area contributed by atoms with Crippen molar-refractivity contribution in [3.8, 4) is 0 Å². The fourth-order valence-corrected chi connectivity index (χ4v) is 2.01. The van der Waals surface area contributed by atoms with Crippen LogP contribution in [0.4, 0.5) is 0 Å². The molecule has 15 heavy (non-hydrogen) atoms. The number of likely N-dealkylation sites (N-methyl/N-ethyl adjacent to an activating group) is 1. The first-order valence-corrected chi connectivity index (χ1v) is 6.49. The maximum absolute atomic E-state index is 3.47. The van der Waals surface area contributed by atoms with Gasteiger partial charge in [-0.15, -0.1) is 0 Å². The molecule has 0 rings (SSSR count). The molecule has 0 aliphatic carbocycles. The number of rotatable bonds is 8. The molecular weight excluding hydrogens is 184 g/mol. The van der Waals surface area contributed by atoms with E-state index in [1.807, 2.05) is 0 Å². The molecule has 0 fully saturated rings. The Balaban J connectivity index is 4.27. The maximum Gasteiger partial charge on any atom is 0.0220 e. The van der Waals surface area contributed by atoms with Crippen molar-refractivity contribution in [3.63, 3.8) is 0 Å². The van der Waals surface area contributed by atoms with E-state index in [1.54, 1.807) is 0 Å². The molecule has 0 saturated carbocycles. The lowest BCUT2D eigenvalue weighted by Crippen LogP contribution is -2.47. The molecule has 92 valence electrons. The van der Waals surface area contributed by atoms with Crippen LogP contribution >= 0.6 is 0 Å². The molecule has 0 spiro atoms. The number of nitrogens with one attached hydrogen (secondary N) is 1. The molecular formula is C13H30N2. The predicted octanol–water partition coefficient (Wildman–Crippen LogP) is 2.74. The van der Waals surface area contributed by atoms with Crippen molar-refractivity contribution < 1.29 is 0 Å². The van der Waals surface area contributed by atoms with Crippen LogP contribution in [-0.4, -0.2) is 36.6 Å². The van der Waals surface area contributed by atoms with Gasteiger partial charge in [-0.1, -0.05) is 27.7 Å². The Morgan fingerprint density at radius 1 is 1.07 bits per heavy atom. The summed E-state index contributed by atoms with van der Waals surface area (Å²) in [6, 6.07) is 1.34. The Bertz CT molecular complexity index is 143. The highest BCUT2D eigenvalue weighted by Crippen LogP contribution is 2.11. The van der Waals surface area contributed by atoms with Crippen LogP contribution in [0.2, 0.25) is 0 Å². The smallest absolute Gasteiger partial charge is 0.0220 e. The van der Waals surface area contributed by atoms with Crippen LogP contribution in [0.3, 0.4) is 0 Å². The zero-order chi connectivity index (χ0) is 11.8. The van der Waals surface area contributed by atoms with Crippen molar-refractivity contribution in [2.45, 2.75) is 60.0 Å². The van der Waals surface area contributed by atoms with Crippen LogP contribution in [0.25, 0.3) is 0 Å². The van der Waals surface area contributed by atoms with E-state index in [2.05, 4.69) is 51.8 Å². The molecule has 1 N–H and O–H groups in total. The number of hydrogen-bond donors (Lipinski definition) is 1. The maximum atomic E-state index is 3.47. The van der Waals surface area contributed by atoms with Crippen molar-refractivity contribution >= 4 is 0 Å².